The third kappa shape index (κ3) is 5.70. The first kappa shape index (κ1) is 18.0. The van der Waals surface area contributed by atoms with Crippen molar-refractivity contribution in [2.45, 2.75) is 33.0 Å². The molecule has 0 aliphatic rings. The van der Waals surface area contributed by atoms with Crippen LogP contribution in [0, 0.1) is 0 Å². The number of benzene rings is 2. The van der Waals surface area contributed by atoms with Gasteiger partial charge < -0.3 is 15.5 Å². The van der Waals surface area contributed by atoms with E-state index < -0.39 is 0 Å². The third-order valence-corrected chi connectivity index (χ3v) is 4.08. The molecular weight excluding hydrogens is 298 g/mol. The highest BCUT2D eigenvalue weighted by atomic mass is 16.2. The van der Waals surface area contributed by atoms with Crippen LogP contribution in [-0.4, -0.2) is 24.5 Å². The summed E-state index contributed by atoms with van der Waals surface area (Å²) < 4.78 is 0. The summed E-state index contributed by atoms with van der Waals surface area (Å²) in [5.74, 6) is 0. The summed E-state index contributed by atoms with van der Waals surface area (Å²) in [6.45, 7) is 6.58. The molecule has 4 heteroatoms. The largest absolute Gasteiger partial charge is 0.334 e. The molecule has 0 saturated carbocycles. The maximum Gasteiger partial charge on any atom is 0.315 e. The minimum absolute atomic E-state index is 0.0178. The summed E-state index contributed by atoms with van der Waals surface area (Å²) in [5, 5.41) is 5.89. The van der Waals surface area contributed by atoms with Gasteiger partial charge in [-0.2, -0.15) is 0 Å². The van der Waals surface area contributed by atoms with Crippen molar-refractivity contribution in [1.82, 2.24) is 15.5 Å². The minimum Gasteiger partial charge on any atom is -0.334 e. The van der Waals surface area contributed by atoms with E-state index in [2.05, 4.69) is 41.6 Å². The second-order valence-corrected chi connectivity index (χ2v) is 6.11. The lowest BCUT2D eigenvalue weighted by atomic mass is 10.1. The van der Waals surface area contributed by atoms with E-state index in [-0.39, 0.29) is 12.1 Å². The molecule has 1 atom stereocenters. The van der Waals surface area contributed by atoms with Crippen molar-refractivity contribution < 1.29 is 4.79 Å². The Morgan fingerprint density at radius 1 is 1.08 bits per heavy atom. The van der Waals surface area contributed by atoms with Crippen LogP contribution in [0.4, 0.5) is 4.79 Å². The standard InChI is InChI=1S/C20H27N3O/c1-4-23(3)15-18-10-8-9-17(13-18)14-21-20(24)22-16(2)19-11-6-5-7-12-19/h5-13,16H,4,14-15H2,1-3H3,(H2,21,22,24). The predicted octanol–water partition coefficient (Wildman–Crippen LogP) is 3.70. The average molecular weight is 325 g/mol. The number of hydrogen-bond acceptors (Lipinski definition) is 2. The van der Waals surface area contributed by atoms with Crippen LogP contribution < -0.4 is 10.6 Å². The van der Waals surface area contributed by atoms with Crippen molar-refractivity contribution in [2.24, 2.45) is 0 Å². The van der Waals surface area contributed by atoms with Crippen molar-refractivity contribution >= 4 is 6.03 Å². The number of urea groups is 1. The van der Waals surface area contributed by atoms with Gasteiger partial charge in [0.1, 0.15) is 0 Å². The van der Waals surface area contributed by atoms with Crippen LogP contribution >= 0.6 is 0 Å². The van der Waals surface area contributed by atoms with E-state index in [1.807, 2.05) is 49.4 Å². The molecule has 0 bridgehead atoms. The first-order chi connectivity index (χ1) is 11.6. The Kier molecular flexibility index (Phi) is 6.82. The molecular formula is C20H27N3O. The smallest absolute Gasteiger partial charge is 0.315 e. The Hall–Kier alpha value is -2.33. The number of carbonyl (C=O) groups excluding carboxylic acids is 1. The number of nitrogens with zero attached hydrogens (tertiary/aromatic N) is 1. The molecule has 0 fully saturated rings. The molecule has 2 rings (SSSR count). The molecule has 128 valence electrons. The summed E-state index contributed by atoms with van der Waals surface area (Å²) in [5.41, 5.74) is 3.47. The summed E-state index contributed by atoms with van der Waals surface area (Å²) in [6.07, 6.45) is 0. The lowest BCUT2D eigenvalue weighted by molar-refractivity contribution is 0.237. The summed E-state index contributed by atoms with van der Waals surface area (Å²) in [4.78, 5) is 14.3. The van der Waals surface area contributed by atoms with E-state index in [1.165, 1.54) is 5.56 Å². The molecule has 1 unspecified atom stereocenters. The number of rotatable bonds is 7. The Bertz CT molecular complexity index is 642. The first-order valence-electron chi connectivity index (χ1n) is 8.44. The SMILES string of the molecule is CCN(C)Cc1cccc(CNC(=O)NC(C)c2ccccc2)c1. The van der Waals surface area contributed by atoms with Gasteiger partial charge in [-0.25, -0.2) is 4.79 Å². The number of amides is 2. The molecule has 0 heterocycles. The first-order valence-corrected chi connectivity index (χ1v) is 8.44. The Morgan fingerprint density at radius 2 is 1.79 bits per heavy atom. The van der Waals surface area contributed by atoms with Gasteiger partial charge in [0.15, 0.2) is 0 Å². The van der Waals surface area contributed by atoms with Crippen molar-refractivity contribution in [2.75, 3.05) is 13.6 Å². The highest BCUT2D eigenvalue weighted by Crippen LogP contribution is 2.11. The molecule has 2 amide bonds. The fourth-order valence-corrected chi connectivity index (χ4v) is 2.52. The zero-order valence-electron chi connectivity index (χ0n) is 14.8. The van der Waals surface area contributed by atoms with Gasteiger partial charge in [-0.05, 0) is 37.2 Å². The van der Waals surface area contributed by atoms with Crippen molar-refractivity contribution in [3.8, 4) is 0 Å². The third-order valence-electron chi connectivity index (χ3n) is 4.08. The fourth-order valence-electron chi connectivity index (χ4n) is 2.52. The van der Waals surface area contributed by atoms with Crippen LogP contribution in [0.3, 0.4) is 0 Å². The summed E-state index contributed by atoms with van der Waals surface area (Å²) in [7, 11) is 2.10. The minimum atomic E-state index is -0.151. The molecule has 24 heavy (non-hydrogen) atoms. The second-order valence-electron chi connectivity index (χ2n) is 6.11. The normalized spacial score (nSPS) is 12.0. The monoisotopic (exact) mass is 325 g/mol. The molecule has 0 radical (unpaired) electrons. The summed E-state index contributed by atoms with van der Waals surface area (Å²) in [6, 6.07) is 18.1. The average Bonchev–Trinajstić information content (AvgIpc) is 2.61. The second kappa shape index (κ2) is 9.08. The number of hydrogen-bond donors (Lipinski definition) is 2. The van der Waals surface area contributed by atoms with Crippen molar-refractivity contribution in [3.63, 3.8) is 0 Å². The quantitative estimate of drug-likeness (QED) is 0.815. The Labute approximate surface area is 144 Å². The van der Waals surface area contributed by atoms with Gasteiger partial charge in [-0.15, -0.1) is 0 Å². The van der Waals surface area contributed by atoms with E-state index in [1.54, 1.807) is 0 Å². The number of carbonyl (C=O) groups is 1. The van der Waals surface area contributed by atoms with Crippen molar-refractivity contribution in [1.29, 1.82) is 0 Å². The lowest BCUT2D eigenvalue weighted by Gasteiger charge is -2.16. The van der Waals surface area contributed by atoms with Gasteiger partial charge in [0.2, 0.25) is 0 Å². The van der Waals surface area contributed by atoms with Crippen LogP contribution in [-0.2, 0) is 13.1 Å². The molecule has 2 aromatic carbocycles. The predicted molar refractivity (Wildman–Crippen MR) is 98.7 cm³/mol. The van der Waals surface area contributed by atoms with E-state index >= 15 is 0 Å². The van der Waals surface area contributed by atoms with Gasteiger partial charge in [0.05, 0.1) is 6.04 Å². The zero-order chi connectivity index (χ0) is 17.4. The lowest BCUT2D eigenvalue weighted by Crippen LogP contribution is -2.36. The van der Waals surface area contributed by atoms with Gasteiger partial charge in [-0.3, -0.25) is 0 Å². The van der Waals surface area contributed by atoms with Crippen LogP contribution in [0.5, 0.6) is 0 Å². The highest BCUT2D eigenvalue weighted by molar-refractivity contribution is 5.74. The maximum atomic E-state index is 12.1. The van der Waals surface area contributed by atoms with Crippen molar-refractivity contribution in [3.05, 3.63) is 71.3 Å². The van der Waals surface area contributed by atoms with Crippen LogP contribution in [0.2, 0.25) is 0 Å². The molecule has 4 nitrogen and oxygen atoms in total. The van der Waals surface area contributed by atoms with Crippen LogP contribution in [0.25, 0.3) is 0 Å². The molecule has 2 N–H and O–H groups in total. The van der Waals surface area contributed by atoms with Gasteiger partial charge in [0.25, 0.3) is 0 Å². The van der Waals surface area contributed by atoms with E-state index in [0.29, 0.717) is 6.54 Å². The van der Waals surface area contributed by atoms with E-state index in [4.69, 9.17) is 0 Å². The molecule has 0 spiro atoms. The van der Waals surface area contributed by atoms with E-state index in [0.717, 1.165) is 24.2 Å². The molecule has 0 aliphatic heterocycles. The molecule has 2 aromatic rings. The van der Waals surface area contributed by atoms with E-state index in [9.17, 15) is 4.79 Å². The topological polar surface area (TPSA) is 44.4 Å². The summed E-state index contributed by atoms with van der Waals surface area (Å²) >= 11 is 0. The van der Waals surface area contributed by atoms with Crippen LogP contribution in [0.15, 0.2) is 54.6 Å². The van der Waals surface area contributed by atoms with Gasteiger partial charge in [0, 0.05) is 13.1 Å². The Morgan fingerprint density at radius 3 is 2.50 bits per heavy atom. The molecule has 0 saturated heterocycles. The number of nitrogens with one attached hydrogen (secondary N) is 2. The zero-order valence-corrected chi connectivity index (χ0v) is 14.8. The van der Waals surface area contributed by atoms with Gasteiger partial charge >= 0.3 is 6.03 Å². The Balaban J connectivity index is 1.84. The maximum absolute atomic E-state index is 12.1. The molecule has 0 aliphatic carbocycles. The van der Waals surface area contributed by atoms with Gasteiger partial charge in [-0.1, -0.05) is 61.5 Å². The highest BCUT2D eigenvalue weighted by Gasteiger charge is 2.08. The van der Waals surface area contributed by atoms with Crippen LogP contribution in [0.1, 0.15) is 36.6 Å². The molecule has 0 aromatic heterocycles. The fraction of sp³-hybridized carbons (Fsp3) is 0.350.